The molecule has 0 spiro atoms. The van der Waals surface area contributed by atoms with Crippen LogP contribution in [0.25, 0.3) is 0 Å². The van der Waals surface area contributed by atoms with Gasteiger partial charge < -0.3 is 10.5 Å². The largest absolute Gasteiger partial charge is 0.497 e. The van der Waals surface area contributed by atoms with Gasteiger partial charge in [-0.15, -0.1) is 11.3 Å². The molecule has 2 aromatic carbocycles. The number of hydrogen-bond acceptors (Lipinski definition) is 5. The third-order valence-electron chi connectivity index (χ3n) is 5.59. The van der Waals surface area contributed by atoms with E-state index in [-0.39, 0.29) is 5.41 Å². The molecule has 0 bridgehead atoms. The number of piperidine rings is 1. The molecule has 27 heavy (non-hydrogen) atoms. The quantitative estimate of drug-likeness (QED) is 0.717. The van der Waals surface area contributed by atoms with Gasteiger partial charge in [-0.3, -0.25) is 4.90 Å². The second-order valence-corrected chi connectivity index (χ2v) is 8.04. The Morgan fingerprint density at radius 2 is 1.89 bits per heavy atom. The van der Waals surface area contributed by atoms with E-state index in [0.29, 0.717) is 5.13 Å². The van der Waals surface area contributed by atoms with E-state index in [4.69, 9.17) is 10.5 Å². The number of benzene rings is 2. The highest BCUT2D eigenvalue weighted by molar-refractivity contribution is 7.13. The summed E-state index contributed by atoms with van der Waals surface area (Å²) in [5.74, 6) is 0.918. The Balaban J connectivity index is 1.55. The summed E-state index contributed by atoms with van der Waals surface area (Å²) in [6.45, 7) is 3.01. The molecule has 1 aliphatic rings. The minimum Gasteiger partial charge on any atom is -0.497 e. The number of nitrogen functional groups attached to an aromatic ring is 1. The molecular weight excluding hydrogens is 354 g/mol. The van der Waals surface area contributed by atoms with Gasteiger partial charge in [0, 0.05) is 17.3 Å². The Morgan fingerprint density at radius 1 is 1.11 bits per heavy atom. The third kappa shape index (κ3) is 3.70. The Bertz CT molecular complexity index is 885. The minimum atomic E-state index is -0.0414. The highest BCUT2D eigenvalue weighted by Crippen LogP contribution is 2.42. The second kappa shape index (κ2) is 7.71. The number of nitrogens with zero attached hydrogens (tertiary/aromatic N) is 2. The molecule has 2 N–H and O–H groups in total. The van der Waals surface area contributed by atoms with Crippen LogP contribution in [-0.2, 0) is 12.0 Å². The van der Waals surface area contributed by atoms with Crippen molar-refractivity contribution in [1.29, 1.82) is 0 Å². The summed E-state index contributed by atoms with van der Waals surface area (Å²) in [5.41, 5.74) is 9.68. The fourth-order valence-electron chi connectivity index (χ4n) is 4.08. The first-order valence-corrected chi connectivity index (χ1v) is 10.2. The minimum absolute atomic E-state index is 0.0414. The Labute approximate surface area is 164 Å². The fraction of sp³-hybridized carbons (Fsp3) is 0.318. The van der Waals surface area contributed by atoms with E-state index < -0.39 is 0 Å². The highest BCUT2D eigenvalue weighted by Gasteiger charge is 2.39. The van der Waals surface area contributed by atoms with Crippen molar-refractivity contribution < 1.29 is 4.74 Å². The molecule has 1 saturated heterocycles. The van der Waals surface area contributed by atoms with E-state index >= 15 is 0 Å². The van der Waals surface area contributed by atoms with Crippen LogP contribution < -0.4 is 10.5 Å². The average Bonchev–Trinajstić information content (AvgIpc) is 3.16. The number of thiazole rings is 1. The van der Waals surface area contributed by atoms with E-state index in [2.05, 4.69) is 63.8 Å². The molecule has 3 aromatic rings. The van der Waals surface area contributed by atoms with Crippen LogP contribution in [0.2, 0.25) is 0 Å². The normalized spacial score (nSPS) is 16.9. The molecule has 0 atom stereocenters. The zero-order valence-electron chi connectivity index (χ0n) is 15.6. The molecule has 140 valence electrons. The van der Waals surface area contributed by atoms with Crippen LogP contribution in [0.4, 0.5) is 5.13 Å². The molecule has 1 fully saturated rings. The molecule has 0 amide bonds. The van der Waals surface area contributed by atoms with Crippen molar-refractivity contribution in [2.75, 3.05) is 25.9 Å². The lowest BCUT2D eigenvalue weighted by atomic mass is 9.70. The van der Waals surface area contributed by atoms with Crippen molar-refractivity contribution in [1.82, 2.24) is 9.88 Å². The summed E-state index contributed by atoms with van der Waals surface area (Å²) in [5, 5.41) is 2.79. The number of aromatic nitrogens is 1. The van der Waals surface area contributed by atoms with Crippen molar-refractivity contribution in [3.63, 3.8) is 0 Å². The smallest absolute Gasteiger partial charge is 0.180 e. The van der Waals surface area contributed by atoms with Gasteiger partial charge >= 0.3 is 0 Å². The number of ether oxygens (including phenoxy) is 1. The SMILES string of the molecule is COc1cccc(CN2CCC(c3ccccc3)(c3csc(N)n3)CC2)c1. The molecule has 5 heteroatoms. The van der Waals surface area contributed by atoms with Gasteiger partial charge in [0.25, 0.3) is 0 Å². The molecule has 4 rings (SSSR count). The number of nitrogens with two attached hydrogens (primary N) is 1. The Hall–Kier alpha value is -2.37. The van der Waals surface area contributed by atoms with E-state index in [1.165, 1.54) is 22.5 Å². The molecule has 0 aliphatic carbocycles. The van der Waals surface area contributed by atoms with Gasteiger partial charge in [0.2, 0.25) is 0 Å². The zero-order chi connectivity index (χ0) is 18.7. The Morgan fingerprint density at radius 3 is 2.56 bits per heavy atom. The lowest BCUT2D eigenvalue weighted by molar-refractivity contribution is 0.170. The summed E-state index contributed by atoms with van der Waals surface area (Å²) in [7, 11) is 1.72. The van der Waals surface area contributed by atoms with Gasteiger partial charge in [0.15, 0.2) is 5.13 Å². The third-order valence-corrected chi connectivity index (χ3v) is 6.26. The van der Waals surface area contributed by atoms with Gasteiger partial charge in [-0.1, -0.05) is 42.5 Å². The van der Waals surface area contributed by atoms with E-state index in [1.54, 1.807) is 7.11 Å². The molecule has 4 nitrogen and oxygen atoms in total. The second-order valence-electron chi connectivity index (χ2n) is 7.15. The number of hydrogen-bond donors (Lipinski definition) is 1. The first-order chi connectivity index (χ1) is 13.2. The summed E-state index contributed by atoms with van der Waals surface area (Å²) in [6, 6.07) is 19.1. The van der Waals surface area contributed by atoms with Crippen LogP contribution >= 0.6 is 11.3 Å². The topological polar surface area (TPSA) is 51.4 Å². The van der Waals surface area contributed by atoms with Crippen molar-refractivity contribution in [2.24, 2.45) is 0 Å². The number of methoxy groups -OCH3 is 1. The first kappa shape index (κ1) is 18.0. The summed E-state index contributed by atoms with van der Waals surface area (Å²) >= 11 is 1.54. The average molecular weight is 380 g/mol. The molecule has 1 aliphatic heterocycles. The van der Waals surface area contributed by atoms with Crippen molar-refractivity contribution in [2.45, 2.75) is 24.8 Å². The van der Waals surface area contributed by atoms with Gasteiger partial charge in [-0.05, 0) is 49.2 Å². The van der Waals surface area contributed by atoms with Gasteiger partial charge in [0.05, 0.1) is 12.8 Å². The lowest BCUT2D eigenvalue weighted by Gasteiger charge is -2.41. The highest BCUT2D eigenvalue weighted by atomic mass is 32.1. The summed E-state index contributed by atoms with van der Waals surface area (Å²) < 4.78 is 5.36. The molecule has 0 unspecified atom stereocenters. The molecule has 0 saturated carbocycles. The number of likely N-dealkylation sites (tertiary alicyclic amines) is 1. The zero-order valence-corrected chi connectivity index (χ0v) is 16.4. The van der Waals surface area contributed by atoms with Gasteiger partial charge in [0.1, 0.15) is 5.75 Å². The van der Waals surface area contributed by atoms with E-state index in [0.717, 1.165) is 43.9 Å². The van der Waals surface area contributed by atoms with Crippen LogP contribution in [0.3, 0.4) is 0 Å². The predicted molar refractivity (Wildman–Crippen MR) is 111 cm³/mol. The predicted octanol–water partition coefficient (Wildman–Crippen LogP) is 4.32. The van der Waals surface area contributed by atoms with Crippen LogP contribution in [-0.4, -0.2) is 30.1 Å². The first-order valence-electron chi connectivity index (χ1n) is 9.32. The summed E-state index contributed by atoms with van der Waals surface area (Å²) in [6.07, 6.45) is 2.09. The van der Waals surface area contributed by atoms with E-state index in [1.807, 2.05) is 6.07 Å². The molecule has 1 aromatic heterocycles. The van der Waals surface area contributed by atoms with Crippen molar-refractivity contribution >= 4 is 16.5 Å². The Kier molecular flexibility index (Phi) is 5.14. The molecule has 2 heterocycles. The maximum Gasteiger partial charge on any atom is 0.180 e. The van der Waals surface area contributed by atoms with Crippen molar-refractivity contribution in [3.05, 3.63) is 76.8 Å². The van der Waals surface area contributed by atoms with Crippen LogP contribution in [0.1, 0.15) is 29.7 Å². The fourth-order valence-corrected chi connectivity index (χ4v) is 4.74. The molecule has 0 radical (unpaired) electrons. The molecular formula is C22H25N3OS. The van der Waals surface area contributed by atoms with Gasteiger partial charge in [-0.25, -0.2) is 4.98 Å². The number of rotatable bonds is 5. The maximum atomic E-state index is 5.96. The maximum absolute atomic E-state index is 5.96. The van der Waals surface area contributed by atoms with Crippen LogP contribution in [0, 0.1) is 0 Å². The van der Waals surface area contributed by atoms with Crippen LogP contribution in [0.5, 0.6) is 5.75 Å². The standard InChI is InChI=1S/C22H25N3OS/c1-26-19-9-5-6-17(14-19)15-25-12-10-22(11-13-25,18-7-3-2-4-8-18)20-16-27-21(23)24-20/h2-9,14,16H,10-13,15H2,1H3,(H2,23,24). The van der Waals surface area contributed by atoms with Crippen molar-refractivity contribution in [3.8, 4) is 5.75 Å². The lowest BCUT2D eigenvalue weighted by Crippen LogP contribution is -2.43. The van der Waals surface area contributed by atoms with Gasteiger partial charge in [-0.2, -0.15) is 0 Å². The van der Waals surface area contributed by atoms with Crippen LogP contribution in [0.15, 0.2) is 60.0 Å². The van der Waals surface area contributed by atoms with E-state index in [9.17, 15) is 0 Å². The monoisotopic (exact) mass is 379 g/mol. The summed E-state index contributed by atoms with van der Waals surface area (Å²) in [4.78, 5) is 7.20. The number of anilines is 1.